The molecule has 1 aromatic rings. The van der Waals surface area contributed by atoms with Crippen molar-refractivity contribution < 1.29 is 0 Å². The Hall–Kier alpha value is -0.580. The fourth-order valence-electron chi connectivity index (χ4n) is 2.54. The van der Waals surface area contributed by atoms with Crippen molar-refractivity contribution in [3.63, 3.8) is 0 Å². The van der Waals surface area contributed by atoms with Gasteiger partial charge >= 0.3 is 0 Å². The average Bonchev–Trinajstić information content (AvgIpc) is 2.28. The highest BCUT2D eigenvalue weighted by Gasteiger charge is 2.22. The molecule has 1 aliphatic heterocycles. The van der Waals surface area contributed by atoms with Crippen LogP contribution in [-0.4, -0.2) is 40.5 Å². The molecule has 0 aliphatic carbocycles. The minimum absolute atomic E-state index is 0.731. The van der Waals surface area contributed by atoms with Crippen LogP contribution in [0.2, 0.25) is 0 Å². The maximum Gasteiger partial charge on any atom is 0.0547 e. The van der Waals surface area contributed by atoms with E-state index in [1.165, 1.54) is 18.8 Å². The van der Waals surface area contributed by atoms with Crippen LogP contribution in [-0.2, 0) is 13.1 Å². The summed E-state index contributed by atoms with van der Waals surface area (Å²) in [6, 6.07) is 6.33. The van der Waals surface area contributed by atoms with Gasteiger partial charge in [-0.15, -0.1) is 0 Å². The van der Waals surface area contributed by atoms with Crippen molar-refractivity contribution >= 4 is 11.8 Å². The van der Waals surface area contributed by atoms with Gasteiger partial charge in [-0.2, -0.15) is 11.8 Å². The predicted molar refractivity (Wildman–Crippen MR) is 78.8 cm³/mol. The van der Waals surface area contributed by atoms with Gasteiger partial charge in [0, 0.05) is 36.7 Å². The summed E-state index contributed by atoms with van der Waals surface area (Å²) < 4.78 is 0. The first-order chi connectivity index (χ1) is 8.67. The van der Waals surface area contributed by atoms with E-state index >= 15 is 0 Å². The zero-order valence-corrected chi connectivity index (χ0v) is 12.3. The lowest BCUT2D eigenvalue weighted by Gasteiger charge is -2.34. The van der Waals surface area contributed by atoms with Gasteiger partial charge in [-0.05, 0) is 19.2 Å². The highest BCUT2D eigenvalue weighted by molar-refractivity contribution is 8.00. The molecule has 0 saturated carbocycles. The van der Waals surface area contributed by atoms with Crippen molar-refractivity contribution in [2.24, 2.45) is 0 Å². The lowest BCUT2D eigenvalue weighted by molar-refractivity contribution is 0.259. The van der Waals surface area contributed by atoms with Crippen LogP contribution >= 0.6 is 11.8 Å². The standard InChI is InChI=1S/C14H23N3S/c1-11-8-17(9-12(2)18-11)10-14-6-4-5-13(16-14)7-15-3/h4-6,11-12,15H,7-10H2,1-3H3. The number of hydrogen-bond donors (Lipinski definition) is 1. The summed E-state index contributed by atoms with van der Waals surface area (Å²) in [4.78, 5) is 7.22. The minimum atomic E-state index is 0.731. The lowest BCUT2D eigenvalue weighted by atomic mass is 10.2. The third kappa shape index (κ3) is 3.97. The van der Waals surface area contributed by atoms with Crippen molar-refractivity contribution in [1.82, 2.24) is 15.2 Å². The number of nitrogens with zero attached hydrogens (tertiary/aromatic N) is 2. The third-order valence-electron chi connectivity index (χ3n) is 3.10. The Labute approximate surface area is 114 Å². The summed E-state index contributed by atoms with van der Waals surface area (Å²) in [7, 11) is 1.96. The molecule has 0 radical (unpaired) electrons. The number of pyridine rings is 1. The zero-order valence-electron chi connectivity index (χ0n) is 11.5. The monoisotopic (exact) mass is 265 g/mol. The highest BCUT2D eigenvalue weighted by Crippen LogP contribution is 2.25. The van der Waals surface area contributed by atoms with Crippen molar-refractivity contribution in [2.75, 3.05) is 20.1 Å². The first kappa shape index (κ1) is 13.8. The van der Waals surface area contributed by atoms with E-state index in [1.54, 1.807) is 0 Å². The predicted octanol–water partition coefficient (Wildman–Crippen LogP) is 2.13. The summed E-state index contributed by atoms with van der Waals surface area (Å²) in [5, 5.41) is 4.61. The van der Waals surface area contributed by atoms with Gasteiger partial charge in [0.25, 0.3) is 0 Å². The van der Waals surface area contributed by atoms with Crippen LogP contribution in [0.4, 0.5) is 0 Å². The zero-order chi connectivity index (χ0) is 13.0. The molecule has 1 aliphatic rings. The smallest absolute Gasteiger partial charge is 0.0547 e. The number of aromatic nitrogens is 1. The average molecular weight is 265 g/mol. The van der Waals surface area contributed by atoms with E-state index in [0.29, 0.717) is 0 Å². The second-order valence-corrected chi connectivity index (χ2v) is 6.98. The number of nitrogens with one attached hydrogen (secondary N) is 1. The summed E-state index contributed by atoms with van der Waals surface area (Å²) in [5.41, 5.74) is 2.32. The fourth-order valence-corrected chi connectivity index (χ4v) is 3.93. The summed E-state index contributed by atoms with van der Waals surface area (Å²) in [6.45, 7) is 8.81. The number of hydrogen-bond acceptors (Lipinski definition) is 4. The van der Waals surface area contributed by atoms with Crippen molar-refractivity contribution in [2.45, 2.75) is 37.4 Å². The van der Waals surface area contributed by atoms with Crippen LogP contribution in [0.1, 0.15) is 25.2 Å². The van der Waals surface area contributed by atoms with Gasteiger partial charge in [0.2, 0.25) is 0 Å². The molecule has 0 amide bonds. The van der Waals surface area contributed by atoms with Crippen LogP contribution in [0.25, 0.3) is 0 Å². The van der Waals surface area contributed by atoms with Gasteiger partial charge < -0.3 is 5.32 Å². The molecule has 100 valence electrons. The fraction of sp³-hybridized carbons (Fsp3) is 0.643. The maximum atomic E-state index is 4.70. The molecule has 1 aromatic heterocycles. The summed E-state index contributed by atoms with van der Waals surface area (Å²) in [5.74, 6) is 0. The Kier molecular flexibility index (Phi) is 5.03. The number of rotatable bonds is 4. The molecule has 2 rings (SSSR count). The lowest BCUT2D eigenvalue weighted by Crippen LogP contribution is -2.39. The molecule has 2 unspecified atom stereocenters. The molecule has 1 fully saturated rings. The van der Waals surface area contributed by atoms with E-state index < -0.39 is 0 Å². The van der Waals surface area contributed by atoms with E-state index in [1.807, 2.05) is 7.05 Å². The molecule has 4 heteroatoms. The Morgan fingerprint density at radius 3 is 2.61 bits per heavy atom. The molecule has 0 spiro atoms. The van der Waals surface area contributed by atoms with Crippen LogP contribution in [0.15, 0.2) is 18.2 Å². The molecule has 0 bridgehead atoms. The second kappa shape index (κ2) is 6.55. The Bertz CT molecular complexity index is 373. The second-order valence-electron chi connectivity index (χ2n) is 5.10. The SMILES string of the molecule is CNCc1cccc(CN2CC(C)SC(C)C2)n1. The van der Waals surface area contributed by atoms with Crippen molar-refractivity contribution in [1.29, 1.82) is 0 Å². The first-order valence-electron chi connectivity index (χ1n) is 6.64. The molecular weight excluding hydrogens is 242 g/mol. The van der Waals surface area contributed by atoms with Gasteiger partial charge in [-0.3, -0.25) is 9.88 Å². The minimum Gasteiger partial charge on any atom is -0.314 e. The maximum absolute atomic E-state index is 4.70. The van der Waals surface area contributed by atoms with Gasteiger partial charge in [-0.25, -0.2) is 0 Å². The van der Waals surface area contributed by atoms with Crippen molar-refractivity contribution in [3.8, 4) is 0 Å². The molecular formula is C14H23N3S. The summed E-state index contributed by atoms with van der Waals surface area (Å²) in [6.07, 6.45) is 0. The van der Waals surface area contributed by atoms with E-state index in [2.05, 4.69) is 54.0 Å². The summed E-state index contributed by atoms with van der Waals surface area (Å²) >= 11 is 2.09. The Morgan fingerprint density at radius 2 is 1.94 bits per heavy atom. The molecule has 1 N–H and O–H groups in total. The molecule has 2 atom stereocenters. The first-order valence-corrected chi connectivity index (χ1v) is 7.59. The van der Waals surface area contributed by atoms with E-state index in [4.69, 9.17) is 4.98 Å². The van der Waals surface area contributed by atoms with Crippen LogP contribution in [0.5, 0.6) is 0 Å². The largest absolute Gasteiger partial charge is 0.314 e. The van der Waals surface area contributed by atoms with Gasteiger partial charge in [0.1, 0.15) is 0 Å². The topological polar surface area (TPSA) is 28.2 Å². The molecule has 3 nitrogen and oxygen atoms in total. The highest BCUT2D eigenvalue weighted by atomic mass is 32.2. The third-order valence-corrected chi connectivity index (χ3v) is 4.33. The number of thioether (sulfide) groups is 1. The van der Waals surface area contributed by atoms with Crippen LogP contribution < -0.4 is 5.32 Å². The van der Waals surface area contributed by atoms with E-state index in [-0.39, 0.29) is 0 Å². The normalized spacial score (nSPS) is 25.3. The Morgan fingerprint density at radius 1 is 1.28 bits per heavy atom. The van der Waals surface area contributed by atoms with E-state index in [0.717, 1.165) is 29.3 Å². The van der Waals surface area contributed by atoms with Crippen LogP contribution in [0.3, 0.4) is 0 Å². The van der Waals surface area contributed by atoms with Crippen molar-refractivity contribution in [3.05, 3.63) is 29.6 Å². The Balaban J connectivity index is 1.97. The molecule has 1 saturated heterocycles. The van der Waals surface area contributed by atoms with Gasteiger partial charge in [-0.1, -0.05) is 19.9 Å². The quantitative estimate of drug-likeness (QED) is 0.903. The van der Waals surface area contributed by atoms with E-state index in [9.17, 15) is 0 Å². The van der Waals surface area contributed by atoms with Gasteiger partial charge in [0.15, 0.2) is 0 Å². The molecule has 0 aromatic carbocycles. The van der Waals surface area contributed by atoms with Crippen LogP contribution in [0, 0.1) is 0 Å². The molecule has 18 heavy (non-hydrogen) atoms. The molecule has 2 heterocycles. The van der Waals surface area contributed by atoms with Gasteiger partial charge in [0.05, 0.1) is 11.4 Å².